The lowest BCUT2D eigenvalue weighted by Gasteiger charge is -2.40. The Bertz CT molecular complexity index is 769. The number of rotatable bonds is 10. The number of ketones is 1. The molecule has 0 radical (unpaired) electrons. The lowest BCUT2D eigenvalue weighted by Crippen LogP contribution is -2.56. The molecule has 2 fully saturated rings. The van der Waals surface area contributed by atoms with Crippen LogP contribution in [-0.2, 0) is 28.7 Å². The molecule has 1 aliphatic carbocycles. The summed E-state index contributed by atoms with van der Waals surface area (Å²) in [7, 11) is 0. The minimum atomic E-state index is -5.05. The zero-order valence-corrected chi connectivity index (χ0v) is 17.5. The van der Waals surface area contributed by atoms with Crippen molar-refractivity contribution in [3.8, 4) is 0 Å². The van der Waals surface area contributed by atoms with Crippen LogP contribution in [0.2, 0.25) is 0 Å². The molecule has 0 aromatic rings. The summed E-state index contributed by atoms with van der Waals surface area (Å²) in [5.41, 5.74) is 4.65. The Labute approximate surface area is 182 Å². The average Bonchev–Trinajstić information content (AvgIpc) is 3.07. The van der Waals surface area contributed by atoms with E-state index in [2.05, 4.69) is 20.7 Å². The molecular formula is C19H27F3N4O6. The van der Waals surface area contributed by atoms with E-state index >= 15 is 0 Å². The highest BCUT2D eigenvalue weighted by Gasteiger charge is 2.40. The van der Waals surface area contributed by atoms with Crippen molar-refractivity contribution in [3.63, 3.8) is 0 Å². The van der Waals surface area contributed by atoms with Crippen molar-refractivity contribution in [2.45, 2.75) is 63.9 Å². The number of primary amides is 1. The van der Waals surface area contributed by atoms with Crippen LogP contribution >= 0.6 is 0 Å². The molecule has 1 heterocycles. The third-order valence-electron chi connectivity index (χ3n) is 5.87. The Morgan fingerprint density at radius 1 is 1.22 bits per heavy atom. The van der Waals surface area contributed by atoms with Crippen LogP contribution in [0.5, 0.6) is 0 Å². The molecule has 0 unspecified atom stereocenters. The fraction of sp³-hybridized carbons (Fsp3) is 0.737. The predicted octanol–water partition coefficient (Wildman–Crippen LogP) is -0.347. The van der Waals surface area contributed by atoms with Crippen molar-refractivity contribution in [3.05, 3.63) is 0 Å². The Balaban J connectivity index is 2.14. The lowest BCUT2D eigenvalue weighted by atomic mass is 9.67. The van der Waals surface area contributed by atoms with Crippen molar-refractivity contribution in [2.24, 2.45) is 17.1 Å². The summed E-state index contributed by atoms with van der Waals surface area (Å²) in [4.78, 5) is 60.1. The Morgan fingerprint density at radius 3 is 2.34 bits per heavy atom. The first-order chi connectivity index (χ1) is 14.8. The maximum atomic E-state index is 12.9. The Morgan fingerprint density at radius 2 is 1.88 bits per heavy atom. The van der Waals surface area contributed by atoms with Gasteiger partial charge in [0.25, 0.3) is 0 Å². The first kappa shape index (κ1) is 25.6. The van der Waals surface area contributed by atoms with Crippen molar-refractivity contribution in [1.82, 2.24) is 16.0 Å². The highest BCUT2D eigenvalue weighted by molar-refractivity contribution is 6.34. The summed E-state index contributed by atoms with van der Waals surface area (Å²) < 4.78 is 40.7. The first-order valence-electron chi connectivity index (χ1n) is 10.2. The van der Waals surface area contributed by atoms with Gasteiger partial charge in [0.1, 0.15) is 12.6 Å². The van der Waals surface area contributed by atoms with Gasteiger partial charge in [-0.05, 0) is 37.5 Å². The second kappa shape index (κ2) is 10.3. The molecule has 4 amide bonds. The van der Waals surface area contributed by atoms with E-state index in [-0.39, 0.29) is 24.2 Å². The summed E-state index contributed by atoms with van der Waals surface area (Å²) in [6.07, 6.45) is -2.33. The third kappa shape index (κ3) is 7.46. The molecule has 2 rings (SSSR count). The second-order valence-corrected chi connectivity index (χ2v) is 8.53. The topological polar surface area (TPSA) is 157 Å². The molecule has 180 valence electrons. The molecule has 0 aromatic heterocycles. The van der Waals surface area contributed by atoms with Crippen molar-refractivity contribution >= 4 is 29.4 Å². The highest BCUT2D eigenvalue weighted by Crippen LogP contribution is 2.44. The van der Waals surface area contributed by atoms with Gasteiger partial charge in [-0.25, -0.2) is 0 Å². The Kier molecular flexibility index (Phi) is 8.21. The van der Waals surface area contributed by atoms with Gasteiger partial charge < -0.3 is 21.7 Å². The van der Waals surface area contributed by atoms with Crippen molar-refractivity contribution < 1.29 is 41.9 Å². The third-order valence-corrected chi connectivity index (χ3v) is 5.87. The Hall–Kier alpha value is -2.70. The number of Topliss-reactive ketones (excluding diaryl/α,β-unsaturated/α-hetero) is 1. The molecule has 10 nitrogen and oxygen atoms in total. The molecule has 0 aromatic carbocycles. The summed E-state index contributed by atoms with van der Waals surface area (Å²) in [6.45, 7) is 0.877. The first-order valence-corrected chi connectivity index (χ1v) is 10.2. The van der Waals surface area contributed by atoms with Gasteiger partial charge >= 0.3 is 18.2 Å². The standard InChI is InChI=1S/C19H27F3N4O6/c1-18(4-2-5-18)8-12(26-17(31)14(23)28)16(30)25-11(7-10-3-6-24-15(10)29)13(27)9-32-19(20,21)22/h10-12H,2-9H2,1H3,(H2,23,28)(H,24,29)(H,25,30)(H,26,31)/t10-,11-,12-/m0/s1. The second-order valence-electron chi connectivity index (χ2n) is 8.53. The average molecular weight is 464 g/mol. The van der Waals surface area contributed by atoms with Gasteiger partial charge in [0.15, 0.2) is 5.78 Å². The maximum Gasteiger partial charge on any atom is 0.522 e. The molecule has 3 atom stereocenters. The number of nitrogens with two attached hydrogens (primary N) is 1. The van der Waals surface area contributed by atoms with Gasteiger partial charge in [-0.15, -0.1) is 13.2 Å². The monoisotopic (exact) mass is 464 g/mol. The van der Waals surface area contributed by atoms with Crippen LogP contribution in [0.25, 0.3) is 0 Å². The number of amides is 4. The summed E-state index contributed by atoms with van der Waals surface area (Å²) in [6, 6.07) is -2.70. The van der Waals surface area contributed by atoms with Crippen LogP contribution in [0.4, 0.5) is 13.2 Å². The minimum absolute atomic E-state index is 0.141. The van der Waals surface area contributed by atoms with E-state index in [0.29, 0.717) is 13.0 Å². The van der Waals surface area contributed by atoms with E-state index in [0.717, 1.165) is 19.3 Å². The highest BCUT2D eigenvalue weighted by atomic mass is 19.4. The predicted molar refractivity (Wildman–Crippen MR) is 102 cm³/mol. The van der Waals surface area contributed by atoms with Crippen LogP contribution < -0.4 is 21.7 Å². The zero-order valence-electron chi connectivity index (χ0n) is 17.5. The van der Waals surface area contributed by atoms with E-state index < -0.39 is 54.5 Å². The van der Waals surface area contributed by atoms with Crippen LogP contribution in [0.3, 0.4) is 0 Å². The van der Waals surface area contributed by atoms with Crippen LogP contribution in [-0.4, -0.2) is 61.0 Å². The van der Waals surface area contributed by atoms with E-state index in [1.165, 1.54) is 0 Å². The van der Waals surface area contributed by atoms with E-state index in [9.17, 15) is 37.1 Å². The minimum Gasteiger partial charge on any atom is -0.361 e. The van der Waals surface area contributed by atoms with Crippen molar-refractivity contribution in [2.75, 3.05) is 13.2 Å². The number of nitrogens with one attached hydrogen (secondary N) is 3. The number of halogens is 3. The molecule has 2 aliphatic rings. The lowest BCUT2D eigenvalue weighted by molar-refractivity contribution is -0.321. The smallest absolute Gasteiger partial charge is 0.361 e. The molecule has 1 saturated carbocycles. The number of carbonyl (C=O) groups excluding carboxylic acids is 5. The van der Waals surface area contributed by atoms with Crippen molar-refractivity contribution in [1.29, 1.82) is 0 Å². The SMILES string of the molecule is CC1(C[C@H](NC(=O)C(N)=O)C(=O)N[C@@H](C[C@@H]2CCNC2=O)C(=O)COC(F)(F)F)CCC1. The number of hydrogen-bond acceptors (Lipinski definition) is 6. The zero-order chi connectivity index (χ0) is 24.1. The number of carbonyl (C=O) groups is 5. The molecule has 0 spiro atoms. The van der Waals surface area contributed by atoms with E-state index in [1.54, 1.807) is 0 Å². The molecule has 0 bridgehead atoms. The largest absolute Gasteiger partial charge is 0.522 e. The van der Waals surface area contributed by atoms with Crippen LogP contribution in [0, 0.1) is 11.3 Å². The van der Waals surface area contributed by atoms with E-state index in [4.69, 9.17) is 5.73 Å². The molecular weight excluding hydrogens is 437 g/mol. The number of hydrogen-bond donors (Lipinski definition) is 4. The molecule has 1 aliphatic heterocycles. The molecule has 32 heavy (non-hydrogen) atoms. The fourth-order valence-corrected chi connectivity index (χ4v) is 3.87. The molecule has 13 heteroatoms. The summed E-state index contributed by atoms with van der Waals surface area (Å²) in [5.74, 6) is -5.52. The normalized spacial score (nSPS) is 21.6. The number of ether oxygens (including phenoxy) is 1. The number of alkyl halides is 3. The van der Waals surface area contributed by atoms with Gasteiger partial charge in [-0.2, -0.15) is 0 Å². The van der Waals surface area contributed by atoms with Crippen LogP contribution in [0.1, 0.15) is 45.4 Å². The van der Waals surface area contributed by atoms with E-state index in [1.807, 2.05) is 6.92 Å². The quantitative estimate of drug-likeness (QED) is 0.324. The van der Waals surface area contributed by atoms with Gasteiger partial charge in [0.05, 0.1) is 6.04 Å². The molecule has 1 saturated heterocycles. The van der Waals surface area contributed by atoms with Gasteiger partial charge in [0, 0.05) is 12.5 Å². The summed E-state index contributed by atoms with van der Waals surface area (Å²) in [5, 5.41) is 7.10. The maximum absolute atomic E-state index is 12.9. The van der Waals surface area contributed by atoms with Gasteiger partial charge in [-0.1, -0.05) is 13.3 Å². The molecule has 5 N–H and O–H groups in total. The summed E-state index contributed by atoms with van der Waals surface area (Å²) >= 11 is 0. The van der Waals surface area contributed by atoms with Gasteiger partial charge in [-0.3, -0.25) is 28.7 Å². The van der Waals surface area contributed by atoms with Crippen LogP contribution in [0.15, 0.2) is 0 Å². The van der Waals surface area contributed by atoms with Gasteiger partial charge in [0.2, 0.25) is 11.8 Å². The fourth-order valence-electron chi connectivity index (χ4n) is 3.87.